The number of halogens is 3. The van der Waals surface area contributed by atoms with Crippen LogP contribution in [-0.2, 0) is 19.6 Å². The third-order valence-corrected chi connectivity index (χ3v) is 6.10. The summed E-state index contributed by atoms with van der Waals surface area (Å²) in [7, 11) is 1.82. The van der Waals surface area contributed by atoms with Crippen molar-refractivity contribution in [2.75, 3.05) is 13.1 Å². The van der Waals surface area contributed by atoms with E-state index in [2.05, 4.69) is 10.1 Å². The summed E-state index contributed by atoms with van der Waals surface area (Å²) in [4.78, 5) is 19.4. The van der Waals surface area contributed by atoms with Crippen LogP contribution in [0.1, 0.15) is 57.2 Å². The van der Waals surface area contributed by atoms with Gasteiger partial charge in [0, 0.05) is 43.6 Å². The maximum absolute atomic E-state index is 12.9. The molecule has 0 saturated carbocycles. The van der Waals surface area contributed by atoms with Gasteiger partial charge in [-0.15, -0.1) is 0 Å². The number of nitrogens with zero attached hydrogens (tertiary/aromatic N) is 4. The van der Waals surface area contributed by atoms with Crippen molar-refractivity contribution in [1.82, 2.24) is 19.7 Å². The van der Waals surface area contributed by atoms with E-state index in [-0.39, 0.29) is 11.8 Å². The Morgan fingerprint density at radius 3 is 2.62 bits per heavy atom. The Kier molecular flexibility index (Phi) is 6.04. The molecule has 1 saturated heterocycles. The van der Waals surface area contributed by atoms with Crippen LogP contribution < -0.4 is 0 Å². The van der Waals surface area contributed by atoms with Crippen LogP contribution in [0.15, 0.2) is 48.8 Å². The summed E-state index contributed by atoms with van der Waals surface area (Å²) >= 11 is 0. The molecule has 1 atom stereocenters. The van der Waals surface area contributed by atoms with Crippen molar-refractivity contribution in [3.05, 3.63) is 82.4 Å². The molecule has 2 aromatic heterocycles. The molecule has 32 heavy (non-hydrogen) atoms. The van der Waals surface area contributed by atoms with Crippen molar-refractivity contribution in [1.29, 1.82) is 0 Å². The van der Waals surface area contributed by atoms with Gasteiger partial charge in [0.15, 0.2) is 0 Å². The fourth-order valence-electron chi connectivity index (χ4n) is 4.16. The highest BCUT2D eigenvalue weighted by Gasteiger charge is 2.30. The molecule has 3 heterocycles. The molecule has 0 aliphatic carbocycles. The smallest absolute Gasteiger partial charge is 0.338 e. The average Bonchev–Trinajstić information content (AvgIpc) is 3.12. The number of pyridine rings is 1. The van der Waals surface area contributed by atoms with Crippen molar-refractivity contribution in [2.24, 2.45) is 7.05 Å². The van der Waals surface area contributed by atoms with Gasteiger partial charge < -0.3 is 4.90 Å². The standard InChI is InChI=1S/C24H25F3N4O/c1-16-21(14-29-30(16)2)23(32)31-10-4-6-19(15-31)22-9-8-18(13-28-22)11-17-5-3-7-20(12-17)24(25,26)27/h3,5,7-9,12-14,19H,4,6,10-11,15H2,1-2H3/t19-/m0/s1. The predicted octanol–water partition coefficient (Wildman–Crippen LogP) is 4.75. The predicted molar refractivity (Wildman–Crippen MR) is 114 cm³/mol. The molecule has 8 heteroatoms. The Labute approximate surface area is 184 Å². The number of hydrogen-bond acceptors (Lipinski definition) is 3. The highest BCUT2D eigenvalue weighted by Crippen LogP contribution is 2.30. The first-order chi connectivity index (χ1) is 15.2. The normalized spacial score (nSPS) is 16.9. The zero-order valence-electron chi connectivity index (χ0n) is 18.1. The number of likely N-dealkylation sites (tertiary alicyclic amines) is 1. The van der Waals surface area contributed by atoms with Crippen molar-refractivity contribution < 1.29 is 18.0 Å². The molecule has 4 rings (SSSR count). The van der Waals surface area contributed by atoms with Gasteiger partial charge in [0.05, 0.1) is 17.3 Å². The lowest BCUT2D eigenvalue weighted by Crippen LogP contribution is -2.39. The van der Waals surface area contributed by atoms with Crippen LogP contribution in [-0.4, -0.2) is 38.7 Å². The summed E-state index contributed by atoms with van der Waals surface area (Å²) in [6.07, 6.45) is 1.20. The number of hydrogen-bond donors (Lipinski definition) is 0. The van der Waals surface area contributed by atoms with E-state index >= 15 is 0 Å². The SMILES string of the molecule is Cc1c(C(=O)N2CCC[C@H](c3ccc(Cc4cccc(C(F)(F)F)c4)cn3)C2)cnn1C. The second-order valence-corrected chi connectivity index (χ2v) is 8.32. The number of benzene rings is 1. The molecule has 0 bridgehead atoms. The molecule has 3 aromatic rings. The van der Waals surface area contributed by atoms with E-state index in [4.69, 9.17) is 0 Å². The summed E-state index contributed by atoms with van der Waals surface area (Å²) in [6.45, 7) is 3.18. The van der Waals surface area contributed by atoms with Crippen LogP contribution in [0.25, 0.3) is 0 Å². The minimum Gasteiger partial charge on any atom is -0.338 e. The minimum atomic E-state index is -4.35. The Morgan fingerprint density at radius 1 is 1.16 bits per heavy atom. The van der Waals surface area contributed by atoms with Gasteiger partial charge in [-0.1, -0.05) is 24.3 Å². The highest BCUT2D eigenvalue weighted by molar-refractivity contribution is 5.95. The van der Waals surface area contributed by atoms with E-state index in [1.807, 2.05) is 31.0 Å². The van der Waals surface area contributed by atoms with E-state index in [0.717, 1.165) is 35.9 Å². The number of aryl methyl sites for hydroxylation is 1. The van der Waals surface area contributed by atoms with Gasteiger partial charge in [-0.25, -0.2) is 0 Å². The average molecular weight is 442 g/mol. The monoisotopic (exact) mass is 442 g/mol. The third-order valence-electron chi connectivity index (χ3n) is 6.10. The summed E-state index contributed by atoms with van der Waals surface area (Å²) in [6, 6.07) is 9.21. The Balaban J connectivity index is 1.44. The summed E-state index contributed by atoms with van der Waals surface area (Å²) < 4.78 is 40.5. The molecule has 1 amide bonds. The van der Waals surface area contributed by atoms with Crippen LogP contribution in [0, 0.1) is 6.92 Å². The first kappa shape index (κ1) is 22.0. The second-order valence-electron chi connectivity index (χ2n) is 8.32. The summed E-state index contributed by atoms with van der Waals surface area (Å²) in [5, 5.41) is 4.17. The van der Waals surface area contributed by atoms with Gasteiger partial charge in [-0.3, -0.25) is 14.5 Å². The molecule has 1 aliphatic rings. The van der Waals surface area contributed by atoms with Crippen LogP contribution >= 0.6 is 0 Å². The fourth-order valence-corrected chi connectivity index (χ4v) is 4.16. The Bertz CT molecular complexity index is 1110. The lowest BCUT2D eigenvalue weighted by atomic mass is 9.93. The first-order valence-electron chi connectivity index (χ1n) is 10.6. The molecule has 0 unspecified atom stereocenters. The van der Waals surface area contributed by atoms with Gasteiger partial charge in [0.1, 0.15) is 0 Å². The van der Waals surface area contributed by atoms with Gasteiger partial charge in [-0.05, 0) is 49.4 Å². The Morgan fingerprint density at radius 2 is 1.97 bits per heavy atom. The van der Waals surface area contributed by atoms with Crippen molar-refractivity contribution in [2.45, 2.75) is 38.3 Å². The third kappa shape index (κ3) is 4.69. The largest absolute Gasteiger partial charge is 0.416 e. The number of carbonyl (C=O) groups excluding carboxylic acids is 1. The Hall–Kier alpha value is -3.16. The molecule has 1 aliphatic heterocycles. The number of carbonyl (C=O) groups is 1. The van der Waals surface area contributed by atoms with E-state index in [1.165, 1.54) is 12.1 Å². The number of amides is 1. The van der Waals surface area contributed by atoms with E-state index in [9.17, 15) is 18.0 Å². The van der Waals surface area contributed by atoms with Gasteiger partial charge in [0.25, 0.3) is 5.91 Å². The minimum absolute atomic E-state index is 0.0125. The number of alkyl halides is 3. The van der Waals surface area contributed by atoms with Crippen LogP contribution in [0.3, 0.4) is 0 Å². The lowest BCUT2D eigenvalue weighted by Gasteiger charge is -2.32. The molecular weight excluding hydrogens is 417 g/mol. The van der Waals surface area contributed by atoms with Gasteiger partial charge in [-0.2, -0.15) is 18.3 Å². The number of rotatable bonds is 4. The lowest BCUT2D eigenvalue weighted by molar-refractivity contribution is -0.137. The first-order valence-corrected chi connectivity index (χ1v) is 10.6. The van der Waals surface area contributed by atoms with Crippen molar-refractivity contribution >= 4 is 5.91 Å². The fraction of sp³-hybridized carbons (Fsp3) is 0.375. The number of aromatic nitrogens is 3. The summed E-state index contributed by atoms with van der Waals surface area (Å²) in [5.74, 6) is 0.119. The molecule has 1 aromatic carbocycles. The van der Waals surface area contributed by atoms with Crippen LogP contribution in [0.2, 0.25) is 0 Å². The topological polar surface area (TPSA) is 51.0 Å². The van der Waals surface area contributed by atoms with Crippen molar-refractivity contribution in [3.63, 3.8) is 0 Å². The molecule has 0 N–H and O–H groups in total. The highest BCUT2D eigenvalue weighted by atomic mass is 19.4. The zero-order valence-corrected chi connectivity index (χ0v) is 18.1. The molecule has 168 valence electrons. The van der Waals surface area contributed by atoms with E-state index in [0.29, 0.717) is 30.6 Å². The quantitative estimate of drug-likeness (QED) is 0.586. The number of piperidine rings is 1. The van der Waals surface area contributed by atoms with Crippen LogP contribution in [0.4, 0.5) is 13.2 Å². The maximum atomic E-state index is 12.9. The molecular formula is C24H25F3N4O. The van der Waals surface area contributed by atoms with E-state index in [1.54, 1.807) is 23.1 Å². The van der Waals surface area contributed by atoms with E-state index < -0.39 is 11.7 Å². The summed E-state index contributed by atoms with van der Waals surface area (Å²) in [5.41, 5.74) is 3.17. The molecule has 0 radical (unpaired) electrons. The zero-order chi connectivity index (χ0) is 22.9. The van der Waals surface area contributed by atoms with Gasteiger partial charge >= 0.3 is 6.18 Å². The van der Waals surface area contributed by atoms with Crippen LogP contribution in [0.5, 0.6) is 0 Å². The molecule has 5 nitrogen and oxygen atoms in total. The molecule has 0 spiro atoms. The second kappa shape index (κ2) is 8.76. The maximum Gasteiger partial charge on any atom is 0.416 e. The van der Waals surface area contributed by atoms with Crippen molar-refractivity contribution in [3.8, 4) is 0 Å². The van der Waals surface area contributed by atoms with Gasteiger partial charge in [0.2, 0.25) is 0 Å². The molecule has 1 fully saturated rings.